The van der Waals surface area contributed by atoms with Crippen molar-refractivity contribution in [2.45, 2.75) is 213 Å². The van der Waals surface area contributed by atoms with E-state index in [1.54, 1.807) is 27.7 Å². The molecule has 0 saturated heterocycles. The molecule has 0 aromatic carbocycles. The Morgan fingerprint density at radius 1 is 0.529 bits per heavy atom. The molecule has 0 aromatic heterocycles. The number of hydrogen-bond acceptors (Lipinski definition) is 10. The largest absolute Gasteiger partial charge is 0.459 e. The van der Waals surface area contributed by atoms with Gasteiger partial charge in [-0.25, -0.2) is 24.0 Å². The van der Waals surface area contributed by atoms with Crippen LogP contribution in [-0.4, -0.2) is 65.5 Å². The second-order valence-electron chi connectivity index (χ2n) is 22.6. The topological polar surface area (TPSA) is 132 Å². The van der Waals surface area contributed by atoms with Crippen LogP contribution in [0.4, 0.5) is 13.2 Å². The molecule has 9 saturated carbocycles. The maximum Gasteiger partial charge on any atom is 0.422 e. The normalized spacial score (nSPS) is 30.8. The molecule has 5 unspecified atom stereocenters. The maximum absolute atomic E-state index is 11.8. The van der Waals surface area contributed by atoms with E-state index in [4.69, 9.17) is 18.9 Å². The van der Waals surface area contributed by atoms with Gasteiger partial charge in [0.1, 0.15) is 22.9 Å². The van der Waals surface area contributed by atoms with E-state index in [1.165, 1.54) is 96.8 Å². The van der Waals surface area contributed by atoms with E-state index in [0.29, 0.717) is 40.0 Å². The van der Waals surface area contributed by atoms with Crippen LogP contribution in [0.3, 0.4) is 0 Å². The van der Waals surface area contributed by atoms with Gasteiger partial charge in [-0.2, -0.15) is 13.2 Å². The van der Waals surface area contributed by atoms with Crippen LogP contribution in [0.5, 0.6) is 0 Å². The number of fused-ring (bicyclic) bond motifs is 5. The quantitative estimate of drug-likeness (QED) is 0.112. The summed E-state index contributed by atoms with van der Waals surface area (Å²) in [7, 11) is 0. The number of esters is 5. The van der Waals surface area contributed by atoms with Gasteiger partial charge in [0.2, 0.25) is 0 Å². The van der Waals surface area contributed by atoms with E-state index in [2.05, 4.69) is 51.5 Å². The van der Waals surface area contributed by atoms with Crippen LogP contribution < -0.4 is 0 Å². The molecule has 0 N–H and O–H groups in total. The van der Waals surface area contributed by atoms with Gasteiger partial charge in [0.15, 0.2) is 6.61 Å². The molecule has 13 heteroatoms. The Labute approximate surface area is 417 Å². The van der Waals surface area contributed by atoms with Crippen molar-refractivity contribution in [1.82, 2.24) is 0 Å². The number of carbonyl (C=O) groups excluding carboxylic acids is 5. The van der Waals surface area contributed by atoms with Gasteiger partial charge >= 0.3 is 36.0 Å². The highest BCUT2D eigenvalue weighted by atomic mass is 19.4. The second-order valence-corrected chi connectivity index (χ2v) is 22.6. The molecule has 5 atom stereocenters. The number of ether oxygens (including phenoxy) is 5. The van der Waals surface area contributed by atoms with E-state index in [1.807, 2.05) is 6.92 Å². The van der Waals surface area contributed by atoms with E-state index in [0.717, 1.165) is 68.1 Å². The van der Waals surface area contributed by atoms with E-state index < -0.39 is 18.8 Å². The Hall–Kier alpha value is -4.16. The number of hydrogen-bond donors (Lipinski definition) is 0. The molecule has 9 rings (SSSR count). The zero-order chi connectivity index (χ0) is 52.4. The predicted molar refractivity (Wildman–Crippen MR) is 265 cm³/mol. The molecule has 0 radical (unpaired) electrons. The van der Waals surface area contributed by atoms with Gasteiger partial charge in [-0.15, -0.1) is 0 Å². The van der Waals surface area contributed by atoms with Crippen molar-refractivity contribution < 1.29 is 60.8 Å². The SMILES string of the molecule is C=C(C)C(=O)OC1(C)C2CC3CC(C2)CC1C3.C=C(C)C(=O)OC1(C)CCCC1.C=C(C)C(=O)OC1(CC)CCCCC1.C=C(C)C(=O)OC1CC2CC1C1CCCC21.C=C(C)C(=O)OCC(F)(F)F. The number of halogens is 3. The predicted octanol–water partition coefficient (Wildman–Crippen LogP) is 13.6. The number of alkyl halides is 3. The number of rotatable bonds is 11. The minimum absolute atomic E-state index is 0.0470. The highest BCUT2D eigenvalue weighted by Gasteiger charge is 2.57. The fourth-order valence-electron chi connectivity index (χ4n) is 12.8. The Balaban J connectivity index is 0.000000192. The standard InChI is InChI=1S/C15H22O2.C14H20O2.C12H20O2.C10H16O2.C6H7F3O2/c1-9(2)14(16)17-15(3)12-5-10-4-11(7-12)8-13(15)6-10;1-8(2)14(15)16-13-7-9-6-12(13)11-5-3-4-10(9)11;1-4-12(8-6-5-7-9-12)14-11(13)10(2)3;1-8(2)9(11)12-10(3)6-4-5-7-10;1-4(2)5(10)11-3-6(7,8)9/h10-13H,1,4-8H2,2-3H3;9-13H,1,3-7H2,2H3;2,4-9H2,1,3H3;1,4-7H2,2-3H3;1,3H2,2H3. The third-order valence-electron chi connectivity index (χ3n) is 16.5. The highest BCUT2D eigenvalue weighted by Crippen LogP contribution is 2.60. The summed E-state index contributed by atoms with van der Waals surface area (Å²) in [6.07, 6.45) is 19.8. The molecule has 6 bridgehead atoms. The molecular weight excluding hydrogens is 902 g/mol. The molecule has 9 aliphatic carbocycles. The van der Waals surface area contributed by atoms with Crippen molar-refractivity contribution in [2.24, 2.45) is 47.3 Å². The van der Waals surface area contributed by atoms with E-state index >= 15 is 0 Å². The Kier molecular flexibility index (Phi) is 20.8. The molecule has 0 amide bonds. The van der Waals surface area contributed by atoms with E-state index in [-0.39, 0.29) is 52.4 Å². The summed E-state index contributed by atoms with van der Waals surface area (Å²) >= 11 is 0. The average molecular weight is 987 g/mol. The van der Waals surface area contributed by atoms with Crippen molar-refractivity contribution in [3.8, 4) is 0 Å². The highest BCUT2D eigenvalue weighted by molar-refractivity contribution is 5.88. The molecule has 0 heterocycles. The molecule has 10 nitrogen and oxygen atoms in total. The monoisotopic (exact) mass is 987 g/mol. The van der Waals surface area contributed by atoms with Crippen LogP contribution in [0.2, 0.25) is 0 Å². The first-order chi connectivity index (χ1) is 32.6. The van der Waals surface area contributed by atoms with Crippen molar-refractivity contribution in [3.63, 3.8) is 0 Å². The summed E-state index contributed by atoms with van der Waals surface area (Å²) in [5.41, 5.74) is 1.40. The van der Waals surface area contributed by atoms with Crippen molar-refractivity contribution in [3.05, 3.63) is 60.8 Å². The van der Waals surface area contributed by atoms with Crippen LogP contribution in [0, 0.1) is 47.3 Å². The second kappa shape index (κ2) is 25.0. The lowest BCUT2D eigenvalue weighted by atomic mass is 9.50. The smallest absolute Gasteiger partial charge is 0.422 e. The molecular formula is C57H85F3O10. The Bertz CT molecular complexity index is 1910. The first-order valence-corrected chi connectivity index (χ1v) is 26.0. The van der Waals surface area contributed by atoms with Crippen molar-refractivity contribution in [1.29, 1.82) is 0 Å². The summed E-state index contributed by atoms with van der Waals surface area (Å²) in [4.78, 5) is 56.4. The minimum atomic E-state index is -4.47. The summed E-state index contributed by atoms with van der Waals surface area (Å²) < 4.78 is 60.2. The maximum atomic E-state index is 11.8. The van der Waals surface area contributed by atoms with Crippen LogP contribution in [0.15, 0.2) is 60.8 Å². The van der Waals surface area contributed by atoms with Gasteiger partial charge < -0.3 is 23.7 Å². The van der Waals surface area contributed by atoms with Gasteiger partial charge in [0.05, 0.1) is 0 Å². The van der Waals surface area contributed by atoms with Gasteiger partial charge in [-0.1, -0.05) is 52.7 Å². The van der Waals surface area contributed by atoms with Crippen LogP contribution in [-0.2, 0) is 47.7 Å². The van der Waals surface area contributed by atoms with Crippen LogP contribution in [0.1, 0.15) is 184 Å². The summed E-state index contributed by atoms with van der Waals surface area (Å²) in [5.74, 6) is 4.47. The first kappa shape index (κ1) is 58.4. The van der Waals surface area contributed by atoms with Gasteiger partial charge in [-0.3, -0.25) is 0 Å². The Morgan fingerprint density at radius 2 is 0.986 bits per heavy atom. The van der Waals surface area contributed by atoms with Crippen LogP contribution in [0.25, 0.3) is 0 Å². The molecule has 0 aromatic rings. The lowest BCUT2D eigenvalue weighted by Gasteiger charge is -2.59. The fourth-order valence-corrected chi connectivity index (χ4v) is 12.8. The molecule has 0 aliphatic heterocycles. The van der Waals surface area contributed by atoms with Gasteiger partial charge in [0, 0.05) is 27.9 Å². The first-order valence-electron chi connectivity index (χ1n) is 26.0. The van der Waals surface area contributed by atoms with E-state index in [9.17, 15) is 37.1 Å². The molecule has 70 heavy (non-hydrogen) atoms. The van der Waals surface area contributed by atoms with Crippen molar-refractivity contribution in [2.75, 3.05) is 6.61 Å². The fraction of sp³-hybridized carbons (Fsp3) is 0.737. The molecule has 9 fully saturated rings. The van der Waals surface area contributed by atoms with Gasteiger partial charge in [-0.05, 0) is 211 Å². The average Bonchev–Trinajstić information content (AvgIpc) is 4.10. The molecule has 9 aliphatic rings. The van der Waals surface area contributed by atoms with Gasteiger partial charge in [0.25, 0.3) is 0 Å². The molecule has 394 valence electrons. The lowest BCUT2D eigenvalue weighted by Crippen LogP contribution is -2.58. The lowest BCUT2D eigenvalue weighted by molar-refractivity contribution is -0.199. The third kappa shape index (κ3) is 16.2. The Morgan fingerprint density at radius 3 is 1.46 bits per heavy atom. The zero-order valence-electron chi connectivity index (χ0n) is 43.8. The minimum Gasteiger partial charge on any atom is -0.459 e. The summed E-state index contributed by atoms with van der Waals surface area (Å²) in [6, 6.07) is 0. The third-order valence-corrected chi connectivity index (χ3v) is 16.5. The molecule has 0 spiro atoms. The number of carbonyl (C=O) groups is 5. The summed E-state index contributed by atoms with van der Waals surface area (Å²) in [6.45, 7) is 30.5. The zero-order valence-corrected chi connectivity index (χ0v) is 43.8. The van der Waals surface area contributed by atoms with Crippen LogP contribution >= 0.6 is 0 Å². The van der Waals surface area contributed by atoms with Crippen molar-refractivity contribution >= 4 is 29.8 Å². The summed E-state index contributed by atoms with van der Waals surface area (Å²) in [5, 5.41) is 0.